The maximum absolute atomic E-state index is 10.7. The Morgan fingerprint density at radius 1 is 1.57 bits per heavy atom. The Balaban J connectivity index is 2.66. The molecule has 2 atom stereocenters. The molecule has 1 aliphatic carbocycles. The van der Waals surface area contributed by atoms with Crippen LogP contribution < -0.4 is 0 Å². The van der Waals surface area contributed by atoms with Crippen LogP contribution in [0.25, 0.3) is 0 Å². The summed E-state index contributed by atoms with van der Waals surface area (Å²) in [6.45, 7) is 10.8. The van der Waals surface area contributed by atoms with E-state index < -0.39 is 0 Å². The van der Waals surface area contributed by atoms with Gasteiger partial charge in [0.1, 0.15) is 0 Å². The predicted molar refractivity (Wildman–Crippen MR) is 56.8 cm³/mol. The second kappa shape index (κ2) is 3.76. The highest BCUT2D eigenvalue weighted by molar-refractivity contribution is 5.65. The van der Waals surface area contributed by atoms with E-state index in [1.54, 1.807) is 0 Å². The topological polar surface area (TPSA) is 26.3 Å². The van der Waals surface area contributed by atoms with Crippen molar-refractivity contribution < 1.29 is 9.53 Å². The van der Waals surface area contributed by atoms with E-state index in [1.807, 2.05) is 0 Å². The standard InChI is InChI=1S/C12H20O2/c1-8-6-11(7-14-10(3)13)12(4,5)9(8)2/h6,9,11H,7H2,1-5H3/t9-,11+/m1/s1. The van der Waals surface area contributed by atoms with E-state index >= 15 is 0 Å². The van der Waals surface area contributed by atoms with Crippen LogP contribution in [0.4, 0.5) is 0 Å². The van der Waals surface area contributed by atoms with Gasteiger partial charge in [-0.15, -0.1) is 0 Å². The summed E-state index contributed by atoms with van der Waals surface area (Å²) in [7, 11) is 0. The molecule has 0 aromatic heterocycles. The van der Waals surface area contributed by atoms with E-state index in [4.69, 9.17) is 4.74 Å². The van der Waals surface area contributed by atoms with Crippen molar-refractivity contribution in [2.75, 3.05) is 6.61 Å². The number of hydrogen-bond donors (Lipinski definition) is 0. The second-order valence-electron chi connectivity index (χ2n) is 4.86. The fourth-order valence-corrected chi connectivity index (χ4v) is 2.05. The molecule has 0 saturated heterocycles. The Morgan fingerprint density at radius 2 is 2.14 bits per heavy atom. The Hall–Kier alpha value is -0.790. The quantitative estimate of drug-likeness (QED) is 0.501. The molecule has 0 spiro atoms. The Morgan fingerprint density at radius 3 is 2.50 bits per heavy atom. The fraction of sp³-hybridized carbons (Fsp3) is 0.750. The van der Waals surface area contributed by atoms with Crippen LogP contribution in [-0.4, -0.2) is 12.6 Å². The number of rotatable bonds is 2. The monoisotopic (exact) mass is 196 g/mol. The van der Waals surface area contributed by atoms with Crippen molar-refractivity contribution in [1.29, 1.82) is 0 Å². The molecule has 0 aromatic rings. The lowest BCUT2D eigenvalue weighted by Gasteiger charge is -2.31. The van der Waals surface area contributed by atoms with Gasteiger partial charge in [0.05, 0.1) is 6.61 Å². The zero-order valence-corrected chi connectivity index (χ0v) is 9.76. The molecule has 1 rings (SSSR count). The molecule has 0 saturated carbocycles. The number of carbonyl (C=O) groups excluding carboxylic acids is 1. The van der Waals surface area contributed by atoms with Crippen LogP contribution in [0.2, 0.25) is 0 Å². The highest BCUT2D eigenvalue weighted by Gasteiger charge is 2.39. The number of allylic oxidation sites excluding steroid dienone is 1. The molecule has 2 nitrogen and oxygen atoms in total. The van der Waals surface area contributed by atoms with Crippen molar-refractivity contribution in [1.82, 2.24) is 0 Å². The summed E-state index contributed by atoms with van der Waals surface area (Å²) in [6.07, 6.45) is 2.24. The molecule has 0 aliphatic heterocycles. The van der Waals surface area contributed by atoms with Gasteiger partial charge in [0.2, 0.25) is 0 Å². The van der Waals surface area contributed by atoms with Gasteiger partial charge in [0.15, 0.2) is 0 Å². The first-order valence-corrected chi connectivity index (χ1v) is 5.17. The molecule has 0 unspecified atom stereocenters. The van der Waals surface area contributed by atoms with Crippen molar-refractivity contribution in [3.63, 3.8) is 0 Å². The first-order valence-electron chi connectivity index (χ1n) is 5.17. The third kappa shape index (κ3) is 1.99. The third-order valence-electron chi connectivity index (χ3n) is 3.68. The van der Waals surface area contributed by atoms with Gasteiger partial charge in [-0.2, -0.15) is 0 Å². The van der Waals surface area contributed by atoms with Gasteiger partial charge in [-0.1, -0.05) is 32.4 Å². The smallest absolute Gasteiger partial charge is 0.302 e. The maximum atomic E-state index is 10.7. The van der Waals surface area contributed by atoms with Crippen molar-refractivity contribution in [2.45, 2.75) is 34.6 Å². The van der Waals surface area contributed by atoms with Gasteiger partial charge in [0.25, 0.3) is 0 Å². The van der Waals surface area contributed by atoms with Crippen LogP contribution in [0.5, 0.6) is 0 Å². The molecule has 0 heterocycles. The molecule has 0 fully saturated rings. The van der Waals surface area contributed by atoms with E-state index in [0.29, 0.717) is 18.4 Å². The summed E-state index contributed by atoms with van der Waals surface area (Å²) in [6, 6.07) is 0. The van der Waals surface area contributed by atoms with E-state index in [0.717, 1.165) is 0 Å². The van der Waals surface area contributed by atoms with Gasteiger partial charge in [-0.25, -0.2) is 0 Å². The Kier molecular flexibility index (Phi) is 3.03. The third-order valence-corrected chi connectivity index (χ3v) is 3.68. The van der Waals surface area contributed by atoms with Crippen LogP contribution in [-0.2, 0) is 9.53 Å². The lowest BCUT2D eigenvalue weighted by molar-refractivity contribution is -0.142. The number of hydrogen-bond acceptors (Lipinski definition) is 2. The van der Waals surface area contributed by atoms with E-state index in [2.05, 4.69) is 33.8 Å². The fourth-order valence-electron chi connectivity index (χ4n) is 2.05. The molecular weight excluding hydrogens is 176 g/mol. The summed E-state index contributed by atoms with van der Waals surface area (Å²) >= 11 is 0. The summed E-state index contributed by atoms with van der Waals surface area (Å²) < 4.78 is 5.07. The molecule has 0 radical (unpaired) electrons. The van der Waals surface area contributed by atoms with Gasteiger partial charge in [-0.3, -0.25) is 4.79 Å². The van der Waals surface area contributed by atoms with Gasteiger partial charge < -0.3 is 4.74 Å². The highest BCUT2D eigenvalue weighted by atomic mass is 16.5. The van der Waals surface area contributed by atoms with E-state index in [-0.39, 0.29) is 11.4 Å². The lowest BCUT2D eigenvalue weighted by Crippen LogP contribution is -2.28. The van der Waals surface area contributed by atoms with Crippen molar-refractivity contribution in [3.05, 3.63) is 11.6 Å². The van der Waals surface area contributed by atoms with Gasteiger partial charge in [0, 0.05) is 12.8 Å². The van der Waals surface area contributed by atoms with Crippen LogP contribution in [0, 0.1) is 17.3 Å². The van der Waals surface area contributed by atoms with Crippen LogP contribution in [0.1, 0.15) is 34.6 Å². The second-order valence-corrected chi connectivity index (χ2v) is 4.86. The molecule has 14 heavy (non-hydrogen) atoms. The van der Waals surface area contributed by atoms with E-state index in [1.165, 1.54) is 12.5 Å². The first kappa shape index (κ1) is 11.3. The molecule has 80 valence electrons. The Bertz CT molecular complexity index is 263. The molecule has 1 aliphatic rings. The molecule has 2 heteroatoms. The number of ether oxygens (including phenoxy) is 1. The average Bonchev–Trinajstić information content (AvgIpc) is 2.26. The van der Waals surface area contributed by atoms with Crippen LogP contribution in [0.15, 0.2) is 11.6 Å². The summed E-state index contributed by atoms with van der Waals surface area (Å²) in [5.74, 6) is 0.746. The van der Waals surface area contributed by atoms with Gasteiger partial charge in [-0.05, 0) is 18.3 Å². The van der Waals surface area contributed by atoms with Gasteiger partial charge >= 0.3 is 5.97 Å². The number of carbonyl (C=O) groups is 1. The van der Waals surface area contributed by atoms with E-state index in [9.17, 15) is 4.79 Å². The SMILES string of the molecule is CC(=O)OC[C@@H]1C=C(C)[C@@H](C)C1(C)C. The summed E-state index contributed by atoms with van der Waals surface area (Å²) in [5, 5.41) is 0. The molecule has 0 N–H and O–H groups in total. The molecule has 0 aromatic carbocycles. The van der Waals surface area contributed by atoms with Crippen LogP contribution >= 0.6 is 0 Å². The van der Waals surface area contributed by atoms with Crippen molar-refractivity contribution >= 4 is 5.97 Å². The summed E-state index contributed by atoms with van der Waals surface area (Å²) in [4.78, 5) is 10.7. The number of esters is 1. The zero-order chi connectivity index (χ0) is 10.9. The molecule has 0 bridgehead atoms. The molecule has 0 amide bonds. The minimum absolute atomic E-state index is 0.189. The highest BCUT2D eigenvalue weighted by Crippen LogP contribution is 2.46. The van der Waals surface area contributed by atoms with Crippen molar-refractivity contribution in [2.24, 2.45) is 17.3 Å². The molecular formula is C12H20O2. The van der Waals surface area contributed by atoms with Crippen molar-refractivity contribution in [3.8, 4) is 0 Å². The van der Waals surface area contributed by atoms with Crippen LogP contribution in [0.3, 0.4) is 0 Å². The minimum atomic E-state index is -0.189. The first-order chi connectivity index (χ1) is 6.35. The normalized spacial score (nSPS) is 29.9. The largest absolute Gasteiger partial charge is 0.465 e. The minimum Gasteiger partial charge on any atom is -0.465 e. The Labute approximate surface area is 86.3 Å². The maximum Gasteiger partial charge on any atom is 0.302 e. The zero-order valence-electron chi connectivity index (χ0n) is 9.76. The average molecular weight is 196 g/mol. The predicted octanol–water partition coefficient (Wildman–Crippen LogP) is 2.79. The lowest BCUT2D eigenvalue weighted by atomic mass is 9.74. The summed E-state index contributed by atoms with van der Waals surface area (Å²) in [5.41, 5.74) is 1.62.